The SMILES string of the molecule is Cc1ccc(NC(=O)Cn2nc3n(C(C)C)c(=O)c4ccc(C(=O)NC(C)C)cc4n3c2=O)c(Cl)c1. The molecule has 0 aliphatic rings. The third-order valence-corrected chi connectivity index (χ3v) is 5.93. The summed E-state index contributed by atoms with van der Waals surface area (Å²) in [6.07, 6.45) is 0. The van der Waals surface area contributed by atoms with E-state index in [0.717, 1.165) is 10.2 Å². The van der Waals surface area contributed by atoms with Gasteiger partial charge in [0.25, 0.3) is 11.5 Å². The van der Waals surface area contributed by atoms with Crippen molar-refractivity contribution in [3.63, 3.8) is 0 Å². The third-order valence-electron chi connectivity index (χ3n) is 5.62. The van der Waals surface area contributed by atoms with Crippen LogP contribution in [-0.4, -0.2) is 36.6 Å². The van der Waals surface area contributed by atoms with E-state index in [4.69, 9.17) is 11.6 Å². The monoisotopic (exact) mass is 510 g/mol. The molecular weight excluding hydrogens is 484 g/mol. The first-order valence-electron chi connectivity index (χ1n) is 11.5. The Bertz CT molecular complexity index is 1630. The van der Waals surface area contributed by atoms with Crippen LogP contribution in [0, 0.1) is 6.92 Å². The van der Waals surface area contributed by atoms with E-state index in [1.54, 1.807) is 38.1 Å². The summed E-state index contributed by atoms with van der Waals surface area (Å²) in [5.74, 6) is -0.760. The number of carbonyl (C=O) groups is 2. The van der Waals surface area contributed by atoms with Gasteiger partial charge in [0.2, 0.25) is 11.7 Å². The zero-order valence-corrected chi connectivity index (χ0v) is 21.4. The number of nitrogens with zero attached hydrogens (tertiary/aromatic N) is 4. The van der Waals surface area contributed by atoms with Gasteiger partial charge in [-0.25, -0.2) is 13.9 Å². The highest BCUT2D eigenvalue weighted by Crippen LogP contribution is 2.22. The molecular formula is C25H27ClN6O4. The molecule has 0 aliphatic heterocycles. The molecule has 0 aliphatic carbocycles. The number of nitrogens with one attached hydrogen (secondary N) is 2. The van der Waals surface area contributed by atoms with Crippen LogP contribution in [0.5, 0.6) is 0 Å². The van der Waals surface area contributed by atoms with E-state index in [-0.39, 0.29) is 40.2 Å². The molecule has 4 aromatic rings. The summed E-state index contributed by atoms with van der Waals surface area (Å²) in [5.41, 5.74) is 0.920. The highest BCUT2D eigenvalue weighted by Gasteiger charge is 2.21. The Kier molecular flexibility index (Phi) is 6.73. The van der Waals surface area contributed by atoms with E-state index in [2.05, 4.69) is 15.7 Å². The number of benzene rings is 2. The summed E-state index contributed by atoms with van der Waals surface area (Å²) >= 11 is 6.21. The van der Waals surface area contributed by atoms with Crippen LogP contribution in [0.3, 0.4) is 0 Å². The van der Waals surface area contributed by atoms with Crippen molar-refractivity contribution in [2.45, 2.75) is 53.2 Å². The molecule has 0 saturated carbocycles. The number of carbonyl (C=O) groups excluding carboxylic acids is 2. The Hall–Kier alpha value is -3.92. The predicted molar refractivity (Wildman–Crippen MR) is 139 cm³/mol. The van der Waals surface area contributed by atoms with Gasteiger partial charge in [0, 0.05) is 17.6 Å². The van der Waals surface area contributed by atoms with Crippen molar-refractivity contribution >= 4 is 45.8 Å². The Morgan fingerprint density at radius 3 is 2.42 bits per heavy atom. The molecule has 2 aromatic heterocycles. The number of aryl methyl sites for hydroxylation is 1. The fraction of sp³-hybridized carbons (Fsp3) is 0.320. The van der Waals surface area contributed by atoms with Gasteiger partial charge in [-0.15, -0.1) is 5.10 Å². The quantitative estimate of drug-likeness (QED) is 0.413. The number of hydrogen-bond acceptors (Lipinski definition) is 5. The van der Waals surface area contributed by atoms with Crippen LogP contribution in [0.15, 0.2) is 46.0 Å². The van der Waals surface area contributed by atoms with Crippen molar-refractivity contribution in [3.05, 3.63) is 73.4 Å². The van der Waals surface area contributed by atoms with Crippen molar-refractivity contribution in [1.29, 1.82) is 0 Å². The molecule has 2 N–H and O–H groups in total. The average Bonchev–Trinajstić information content (AvgIpc) is 3.10. The molecule has 36 heavy (non-hydrogen) atoms. The van der Waals surface area contributed by atoms with Gasteiger partial charge in [0.15, 0.2) is 0 Å². The van der Waals surface area contributed by atoms with E-state index < -0.39 is 18.1 Å². The first-order chi connectivity index (χ1) is 17.0. The molecule has 0 spiro atoms. The molecule has 10 nitrogen and oxygen atoms in total. The second kappa shape index (κ2) is 9.62. The number of rotatable bonds is 6. The van der Waals surface area contributed by atoms with E-state index in [1.165, 1.54) is 21.1 Å². The average molecular weight is 511 g/mol. The van der Waals surface area contributed by atoms with Crippen molar-refractivity contribution in [3.8, 4) is 0 Å². The fourth-order valence-electron chi connectivity index (χ4n) is 3.98. The normalized spacial score (nSPS) is 11.6. The van der Waals surface area contributed by atoms with Crippen LogP contribution >= 0.6 is 11.6 Å². The van der Waals surface area contributed by atoms with Gasteiger partial charge in [-0.05, 0) is 70.5 Å². The maximum atomic E-state index is 13.4. The molecule has 0 radical (unpaired) electrons. The highest BCUT2D eigenvalue weighted by molar-refractivity contribution is 6.33. The summed E-state index contributed by atoms with van der Waals surface area (Å²) in [5, 5.41) is 10.4. The number of halogens is 1. The summed E-state index contributed by atoms with van der Waals surface area (Å²) in [6.45, 7) is 8.75. The van der Waals surface area contributed by atoms with Crippen LogP contribution in [0.1, 0.15) is 49.7 Å². The molecule has 11 heteroatoms. The first-order valence-corrected chi connectivity index (χ1v) is 11.9. The lowest BCUT2D eigenvalue weighted by Crippen LogP contribution is -2.31. The second-order valence-corrected chi connectivity index (χ2v) is 9.64. The molecule has 0 unspecified atom stereocenters. The van der Waals surface area contributed by atoms with E-state index >= 15 is 0 Å². The van der Waals surface area contributed by atoms with Gasteiger partial charge in [0.1, 0.15) is 6.54 Å². The number of fused-ring (bicyclic) bond motifs is 3. The lowest BCUT2D eigenvalue weighted by molar-refractivity contribution is -0.117. The van der Waals surface area contributed by atoms with Gasteiger partial charge < -0.3 is 10.6 Å². The second-order valence-electron chi connectivity index (χ2n) is 9.24. The van der Waals surface area contributed by atoms with Gasteiger partial charge in [0.05, 0.1) is 21.6 Å². The maximum absolute atomic E-state index is 13.4. The largest absolute Gasteiger partial charge is 0.352 e. The predicted octanol–water partition coefficient (Wildman–Crippen LogP) is 3.13. The number of aromatic nitrogens is 4. The zero-order chi connectivity index (χ0) is 26.3. The van der Waals surface area contributed by atoms with E-state index in [1.807, 2.05) is 20.8 Å². The molecule has 2 heterocycles. The zero-order valence-electron chi connectivity index (χ0n) is 20.6. The number of amides is 2. The van der Waals surface area contributed by atoms with Crippen LogP contribution in [0.4, 0.5) is 5.69 Å². The van der Waals surface area contributed by atoms with Crippen molar-refractivity contribution in [2.24, 2.45) is 0 Å². The van der Waals surface area contributed by atoms with Crippen LogP contribution in [0.2, 0.25) is 5.02 Å². The van der Waals surface area contributed by atoms with Gasteiger partial charge in [-0.1, -0.05) is 17.7 Å². The Morgan fingerprint density at radius 1 is 1.06 bits per heavy atom. The molecule has 0 saturated heterocycles. The lowest BCUT2D eigenvalue weighted by atomic mass is 10.1. The molecule has 0 fully saturated rings. The van der Waals surface area contributed by atoms with Crippen molar-refractivity contribution in [2.75, 3.05) is 5.32 Å². The number of anilines is 1. The smallest absolute Gasteiger partial charge is 0.350 e. The van der Waals surface area contributed by atoms with E-state index in [9.17, 15) is 19.2 Å². The molecule has 0 atom stereocenters. The minimum Gasteiger partial charge on any atom is -0.350 e. The molecule has 2 aromatic carbocycles. The van der Waals surface area contributed by atoms with Gasteiger partial charge in [-0.2, -0.15) is 0 Å². The maximum Gasteiger partial charge on any atom is 0.352 e. The fourth-order valence-corrected chi connectivity index (χ4v) is 4.27. The topological polar surface area (TPSA) is 120 Å². The molecule has 2 amide bonds. The molecule has 188 valence electrons. The van der Waals surface area contributed by atoms with Crippen LogP contribution in [-0.2, 0) is 11.3 Å². The van der Waals surface area contributed by atoms with Crippen LogP contribution < -0.4 is 21.9 Å². The summed E-state index contributed by atoms with van der Waals surface area (Å²) < 4.78 is 3.64. The highest BCUT2D eigenvalue weighted by atomic mass is 35.5. The standard InChI is InChI=1S/C25H27ClN6O4/c1-13(2)27-22(34)16-7-8-17-20(11-16)32-24(31(14(3)4)23(17)35)29-30(25(32)36)12-21(33)28-19-9-6-15(5)10-18(19)26/h6-11,13-14H,12H2,1-5H3,(H,27,34)(H,28,33). The van der Waals surface area contributed by atoms with E-state index in [0.29, 0.717) is 16.3 Å². The summed E-state index contributed by atoms with van der Waals surface area (Å²) in [4.78, 5) is 52.1. The first kappa shape index (κ1) is 25.2. The molecule has 0 bridgehead atoms. The van der Waals surface area contributed by atoms with Crippen molar-refractivity contribution < 1.29 is 9.59 Å². The lowest BCUT2D eigenvalue weighted by Gasteiger charge is -2.13. The van der Waals surface area contributed by atoms with Gasteiger partial charge in [-0.3, -0.25) is 19.0 Å². The minimum absolute atomic E-state index is 0.0788. The van der Waals surface area contributed by atoms with Crippen LogP contribution in [0.25, 0.3) is 16.7 Å². The number of hydrogen-bond donors (Lipinski definition) is 2. The molecule has 4 rings (SSSR count). The Morgan fingerprint density at radius 2 is 1.78 bits per heavy atom. The Labute approximate surface area is 211 Å². The van der Waals surface area contributed by atoms with Gasteiger partial charge >= 0.3 is 5.69 Å². The Balaban J connectivity index is 1.84. The minimum atomic E-state index is -0.615. The summed E-state index contributed by atoms with van der Waals surface area (Å²) in [7, 11) is 0. The summed E-state index contributed by atoms with van der Waals surface area (Å²) in [6, 6.07) is 9.36. The van der Waals surface area contributed by atoms with Crippen molar-refractivity contribution in [1.82, 2.24) is 24.1 Å². The third kappa shape index (κ3) is 4.64.